The lowest BCUT2D eigenvalue weighted by Gasteiger charge is -2.03. The molecule has 0 aliphatic rings. The van der Waals surface area contributed by atoms with E-state index in [1.807, 2.05) is 17.8 Å². The lowest BCUT2D eigenvalue weighted by atomic mass is 10.4. The van der Waals surface area contributed by atoms with Crippen LogP contribution in [0, 0.1) is 6.92 Å². The molecule has 0 saturated carbocycles. The Morgan fingerprint density at radius 3 is 2.93 bits per heavy atom. The van der Waals surface area contributed by atoms with Gasteiger partial charge in [-0.05, 0) is 19.9 Å². The summed E-state index contributed by atoms with van der Waals surface area (Å²) in [5.74, 6) is 0. The van der Waals surface area contributed by atoms with Crippen molar-refractivity contribution in [3.05, 3.63) is 16.9 Å². The molecule has 0 bridgehead atoms. The van der Waals surface area contributed by atoms with Crippen LogP contribution < -0.4 is 5.32 Å². The van der Waals surface area contributed by atoms with E-state index in [-0.39, 0.29) is 0 Å². The Morgan fingerprint density at radius 1 is 1.53 bits per heavy atom. The van der Waals surface area contributed by atoms with Crippen LogP contribution in [0.3, 0.4) is 0 Å². The fourth-order valence-corrected chi connectivity index (χ4v) is 1.42. The van der Waals surface area contributed by atoms with E-state index in [9.17, 15) is 0 Å². The van der Waals surface area contributed by atoms with Gasteiger partial charge in [-0.1, -0.05) is 11.6 Å². The number of ether oxygens (including phenoxy) is 1. The number of methoxy groups -OCH3 is 1. The fraction of sp³-hybridized carbons (Fsp3) is 0.700. The van der Waals surface area contributed by atoms with Crippen LogP contribution in [0.15, 0.2) is 6.20 Å². The Labute approximate surface area is 95.6 Å². The summed E-state index contributed by atoms with van der Waals surface area (Å²) in [4.78, 5) is 0. The largest absolute Gasteiger partial charge is 0.383 e. The molecule has 1 aromatic heterocycles. The Hall–Kier alpha value is -0.580. The van der Waals surface area contributed by atoms with Crippen molar-refractivity contribution in [3.63, 3.8) is 0 Å². The van der Waals surface area contributed by atoms with Crippen LogP contribution in [0.4, 0.5) is 0 Å². The van der Waals surface area contributed by atoms with Gasteiger partial charge in [0.05, 0.1) is 17.3 Å². The van der Waals surface area contributed by atoms with Crippen molar-refractivity contribution >= 4 is 11.6 Å². The molecule has 0 fully saturated rings. The van der Waals surface area contributed by atoms with E-state index >= 15 is 0 Å². The topological polar surface area (TPSA) is 39.1 Å². The van der Waals surface area contributed by atoms with Crippen LogP contribution in [-0.4, -0.2) is 36.6 Å². The SMILES string of the molecule is COCCNCCCn1cc(Cl)c(C)n1. The number of halogens is 1. The molecular weight excluding hydrogens is 214 g/mol. The molecule has 0 unspecified atom stereocenters. The molecule has 1 rings (SSSR count). The summed E-state index contributed by atoms with van der Waals surface area (Å²) in [5, 5.41) is 8.29. The van der Waals surface area contributed by atoms with E-state index in [1.165, 1.54) is 0 Å². The maximum absolute atomic E-state index is 5.90. The monoisotopic (exact) mass is 231 g/mol. The van der Waals surface area contributed by atoms with Crippen LogP contribution >= 0.6 is 11.6 Å². The fourth-order valence-electron chi connectivity index (χ4n) is 1.27. The highest BCUT2D eigenvalue weighted by atomic mass is 35.5. The van der Waals surface area contributed by atoms with E-state index in [2.05, 4.69) is 10.4 Å². The van der Waals surface area contributed by atoms with E-state index < -0.39 is 0 Å². The Morgan fingerprint density at radius 2 is 2.33 bits per heavy atom. The third-order valence-corrected chi connectivity index (χ3v) is 2.48. The van der Waals surface area contributed by atoms with Gasteiger partial charge in [0.15, 0.2) is 0 Å². The zero-order chi connectivity index (χ0) is 11.1. The van der Waals surface area contributed by atoms with Gasteiger partial charge in [-0.2, -0.15) is 5.10 Å². The Bertz CT molecular complexity index is 269. The minimum Gasteiger partial charge on any atom is -0.383 e. The Balaban J connectivity index is 2.10. The van der Waals surface area contributed by atoms with Crippen molar-refractivity contribution in [3.8, 4) is 0 Å². The molecule has 0 aromatic carbocycles. The third-order valence-electron chi connectivity index (χ3n) is 2.11. The average molecular weight is 232 g/mol. The van der Waals surface area contributed by atoms with Crippen molar-refractivity contribution in [2.24, 2.45) is 0 Å². The van der Waals surface area contributed by atoms with E-state index in [1.54, 1.807) is 7.11 Å². The molecule has 86 valence electrons. The first-order valence-electron chi connectivity index (χ1n) is 5.13. The number of nitrogens with one attached hydrogen (secondary N) is 1. The van der Waals surface area contributed by atoms with Gasteiger partial charge in [-0.3, -0.25) is 4.68 Å². The number of nitrogens with zero attached hydrogens (tertiary/aromatic N) is 2. The van der Waals surface area contributed by atoms with Crippen molar-refractivity contribution < 1.29 is 4.74 Å². The molecule has 0 saturated heterocycles. The van der Waals surface area contributed by atoms with Gasteiger partial charge >= 0.3 is 0 Å². The molecule has 0 spiro atoms. The number of aromatic nitrogens is 2. The standard InChI is InChI=1S/C10H18ClN3O/c1-9-10(11)8-14(13-9)6-3-4-12-5-7-15-2/h8,12H,3-7H2,1-2H3. The zero-order valence-electron chi connectivity index (χ0n) is 9.29. The highest BCUT2D eigenvalue weighted by molar-refractivity contribution is 6.31. The molecule has 0 amide bonds. The second-order valence-electron chi connectivity index (χ2n) is 3.42. The minimum absolute atomic E-state index is 0.738. The maximum Gasteiger partial charge on any atom is 0.0814 e. The Kier molecular flexibility index (Phi) is 5.68. The van der Waals surface area contributed by atoms with Crippen LogP contribution in [0.25, 0.3) is 0 Å². The smallest absolute Gasteiger partial charge is 0.0814 e. The van der Waals surface area contributed by atoms with Crippen LogP contribution in [-0.2, 0) is 11.3 Å². The van der Waals surface area contributed by atoms with E-state index in [0.717, 1.165) is 43.4 Å². The van der Waals surface area contributed by atoms with Crippen molar-refractivity contribution in [2.45, 2.75) is 19.9 Å². The van der Waals surface area contributed by atoms with E-state index in [0.29, 0.717) is 0 Å². The van der Waals surface area contributed by atoms with Crippen molar-refractivity contribution in [1.29, 1.82) is 0 Å². The second-order valence-corrected chi connectivity index (χ2v) is 3.83. The third kappa shape index (κ3) is 4.64. The normalized spacial score (nSPS) is 10.9. The van der Waals surface area contributed by atoms with Gasteiger partial charge in [-0.15, -0.1) is 0 Å². The number of rotatable bonds is 7. The van der Waals surface area contributed by atoms with Gasteiger partial charge in [0.25, 0.3) is 0 Å². The quantitative estimate of drug-likeness (QED) is 0.723. The summed E-state index contributed by atoms with van der Waals surface area (Å²) in [6.45, 7) is 5.44. The molecule has 0 aliphatic heterocycles. The molecule has 5 heteroatoms. The molecule has 0 radical (unpaired) electrons. The molecule has 15 heavy (non-hydrogen) atoms. The zero-order valence-corrected chi connectivity index (χ0v) is 10.0. The lowest BCUT2D eigenvalue weighted by molar-refractivity contribution is 0.199. The van der Waals surface area contributed by atoms with Crippen LogP contribution in [0.5, 0.6) is 0 Å². The maximum atomic E-state index is 5.90. The molecular formula is C10H18ClN3O. The highest BCUT2D eigenvalue weighted by Gasteiger charge is 2.00. The van der Waals surface area contributed by atoms with Gasteiger partial charge in [-0.25, -0.2) is 0 Å². The van der Waals surface area contributed by atoms with Gasteiger partial charge in [0.2, 0.25) is 0 Å². The molecule has 1 aromatic rings. The summed E-state index contributed by atoms with van der Waals surface area (Å²) in [6, 6.07) is 0. The minimum atomic E-state index is 0.738. The molecule has 0 aliphatic carbocycles. The summed E-state index contributed by atoms with van der Waals surface area (Å²) in [7, 11) is 1.70. The second kappa shape index (κ2) is 6.82. The summed E-state index contributed by atoms with van der Waals surface area (Å²) >= 11 is 5.90. The molecule has 4 nitrogen and oxygen atoms in total. The van der Waals surface area contributed by atoms with Gasteiger partial charge in [0, 0.05) is 26.4 Å². The van der Waals surface area contributed by atoms with Crippen molar-refractivity contribution in [2.75, 3.05) is 26.8 Å². The lowest BCUT2D eigenvalue weighted by Crippen LogP contribution is -2.21. The first-order chi connectivity index (χ1) is 7.24. The predicted molar refractivity (Wildman–Crippen MR) is 61.3 cm³/mol. The predicted octanol–water partition coefficient (Wildman–Crippen LogP) is 1.47. The van der Waals surface area contributed by atoms with Gasteiger partial charge in [0.1, 0.15) is 0 Å². The highest BCUT2D eigenvalue weighted by Crippen LogP contribution is 2.11. The molecule has 1 heterocycles. The number of aryl methyl sites for hydroxylation is 2. The van der Waals surface area contributed by atoms with E-state index in [4.69, 9.17) is 16.3 Å². The summed E-state index contributed by atoms with van der Waals surface area (Å²) in [5.41, 5.74) is 0.893. The van der Waals surface area contributed by atoms with Crippen molar-refractivity contribution in [1.82, 2.24) is 15.1 Å². The molecule has 0 atom stereocenters. The molecule has 1 N–H and O–H groups in total. The van der Waals surface area contributed by atoms with Crippen LogP contribution in [0.2, 0.25) is 5.02 Å². The van der Waals surface area contributed by atoms with Gasteiger partial charge < -0.3 is 10.1 Å². The number of hydrogen-bond acceptors (Lipinski definition) is 3. The number of hydrogen-bond donors (Lipinski definition) is 1. The first kappa shape index (κ1) is 12.5. The summed E-state index contributed by atoms with van der Waals surface area (Å²) in [6.07, 6.45) is 2.91. The van der Waals surface area contributed by atoms with Crippen LogP contribution in [0.1, 0.15) is 12.1 Å². The summed E-state index contributed by atoms with van der Waals surface area (Å²) < 4.78 is 6.81. The average Bonchev–Trinajstić information content (AvgIpc) is 2.52. The first-order valence-corrected chi connectivity index (χ1v) is 5.51.